The quantitative estimate of drug-likeness (QED) is 0.509. The van der Waals surface area contributed by atoms with Crippen molar-refractivity contribution in [3.8, 4) is 11.3 Å². The van der Waals surface area contributed by atoms with Crippen LogP contribution in [0.1, 0.15) is 22.0 Å². The van der Waals surface area contributed by atoms with Gasteiger partial charge in [0.15, 0.2) is 0 Å². The highest BCUT2D eigenvalue weighted by Crippen LogP contribution is 2.40. The van der Waals surface area contributed by atoms with Crippen LogP contribution in [0.3, 0.4) is 0 Å². The molecule has 0 fully saturated rings. The summed E-state index contributed by atoms with van der Waals surface area (Å²) in [7, 11) is 2.23. The van der Waals surface area contributed by atoms with E-state index in [1.165, 1.54) is 26.1 Å². The summed E-state index contributed by atoms with van der Waals surface area (Å²) in [5, 5.41) is 9.66. The van der Waals surface area contributed by atoms with Gasteiger partial charge in [0.05, 0.1) is 11.7 Å². The average Bonchev–Trinajstić information content (AvgIpc) is 3.11. The van der Waals surface area contributed by atoms with Gasteiger partial charge < -0.3 is 0 Å². The van der Waals surface area contributed by atoms with E-state index in [-0.39, 0.29) is 0 Å². The molecule has 0 saturated heterocycles. The molecule has 1 atom stereocenters. The lowest BCUT2D eigenvalue weighted by Crippen LogP contribution is -2.32. The van der Waals surface area contributed by atoms with E-state index < -0.39 is 0 Å². The highest BCUT2D eigenvalue weighted by molar-refractivity contribution is 7.19. The number of thiophene rings is 1. The van der Waals surface area contributed by atoms with Gasteiger partial charge in [0.25, 0.3) is 0 Å². The van der Waals surface area contributed by atoms with Crippen LogP contribution in [0.5, 0.6) is 0 Å². The first-order chi connectivity index (χ1) is 12.8. The first-order valence-electron chi connectivity index (χ1n) is 8.89. The molecule has 2 aromatic heterocycles. The molecular weight excluding hydrogens is 338 g/mol. The van der Waals surface area contributed by atoms with Crippen molar-refractivity contribution in [3.63, 3.8) is 0 Å². The van der Waals surface area contributed by atoms with Gasteiger partial charge in [-0.15, -0.1) is 11.3 Å². The molecule has 5 rings (SSSR count). The normalized spacial score (nSPS) is 17.3. The lowest BCUT2D eigenvalue weighted by Gasteiger charge is -2.34. The van der Waals surface area contributed by atoms with Gasteiger partial charge in [-0.1, -0.05) is 30.3 Å². The molecule has 0 aliphatic carbocycles. The number of hydrogen-bond donors (Lipinski definition) is 0. The predicted octanol–water partition coefficient (Wildman–Crippen LogP) is 4.94. The van der Waals surface area contributed by atoms with Crippen LogP contribution in [0.15, 0.2) is 66.9 Å². The minimum atomic E-state index is 0.299. The van der Waals surface area contributed by atoms with Crippen LogP contribution in [-0.2, 0) is 6.42 Å². The second-order valence-corrected chi connectivity index (χ2v) is 7.96. The van der Waals surface area contributed by atoms with E-state index in [2.05, 4.69) is 70.7 Å². The summed E-state index contributed by atoms with van der Waals surface area (Å²) in [6, 6.07) is 22.0. The predicted molar refractivity (Wildman–Crippen MR) is 107 cm³/mol. The molecule has 1 unspecified atom stereocenters. The first-order valence-corrected chi connectivity index (χ1v) is 9.71. The van der Waals surface area contributed by atoms with Crippen LogP contribution < -0.4 is 0 Å². The van der Waals surface area contributed by atoms with Gasteiger partial charge in [0.1, 0.15) is 0 Å². The van der Waals surface area contributed by atoms with Crippen LogP contribution in [0.4, 0.5) is 0 Å². The molecule has 3 nitrogen and oxygen atoms in total. The summed E-state index contributed by atoms with van der Waals surface area (Å²) in [6.07, 6.45) is 2.81. The summed E-state index contributed by atoms with van der Waals surface area (Å²) in [6.45, 7) is 1.08. The van der Waals surface area contributed by atoms with Crippen molar-refractivity contribution >= 4 is 21.4 Å². The monoisotopic (exact) mass is 357 g/mol. The molecule has 3 heterocycles. The van der Waals surface area contributed by atoms with E-state index >= 15 is 0 Å². The Labute approximate surface area is 156 Å². The molecule has 26 heavy (non-hydrogen) atoms. The molecule has 0 N–H and O–H groups in total. The van der Waals surface area contributed by atoms with Crippen molar-refractivity contribution in [1.82, 2.24) is 15.1 Å². The molecule has 0 radical (unpaired) electrons. The van der Waals surface area contributed by atoms with E-state index in [0.29, 0.717) is 6.04 Å². The molecule has 4 aromatic rings. The topological polar surface area (TPSA) is 29.0 Å². The van der Waals surface area contributed by atoms with Gasteiger partial charge in [-0.2, -0.15) is 10.2 Å². The van der Waals surface area contributed by atoms with Gasteiger partial charge in [-0.05, 0) is 60.3 Å². The largest absolute Gasteiger partial charge is 0.294 e. The van der Waals surface area contributed by atoms with Crippen molar-refractivity contribution in [2.24, 2.45) is 0 Å². The number of nitrogens with zero attached hydrogens (tertiary/aromatic N) is 3. The maximum Gasteiger partial charge on any atom is 0.0929 e. The summed E-state index contributed by atoms with van der Waals surface area (Å²) in [4.78, 5) is 3.87. The molecule has 1 aliphatic rings. The Morgan fingerprint density at radius 1 is 1.04 bits per heavy atom. The maximum absolute atomic E-state index is 4.29. The Hall–Kier alpha value is -2.56. The van der Waals surface area contributed by atoms with Gasteiger partial charge in [-0.25, -0.2) is 0 Å². The van der Waals surface area contributed by atoms with Crippen molar-refractivity contribution < 1.29 is 0 Å². The second-order valence-electron chi connectivity index (χ2n) is 6.84. The first kappa shape index (κ1) is 15.7. The molecular formula is C22H19N3S. The number of rotatable bonds is 2. The average molecular weight is 357 g/mol. The second kappa shape index (κ2) is 6.31. The summed E-state index contributed by atoms with van der Waals surface area (Å²) in [5.41, 5.74) is 4.91. The molecule has 0 saturated carbocycles. The third kappa shape index (κ3) is 2.62. The molecule has 0 amide bonds. The maximum atomic E-state index is 4.29. The van der Waals surface area contributed by atoms with Crippen LogP contribution in [-0.4, -0.2) is 28.7 Å². The molecule has 2 aromatic carbocycles. The number of likely N-dealkylation sites (N-methyl/N-ethyl adjacent to an activating group) is 1. The minimum Gasteiger partial charge on any atom is -0.294 e. The Morgan fingerprint density at radius 2 is 1.96 bits per heavy atom. The highest BCUT2D eigenvalue weighted by Gasteiger charge is 2.28. The number of aromatic nitrogens is 2. The van der Waals surface area contributed by atoms with Gasteiger partial charge in [0, 0.05) is 27.9 Å². The SMILES string of the molecule is CN1CCc2ccc(-c3cccnn3)cc2C1c1cc2ccccc2s1. The zero-order chi connectivity index (χ0) is 17.5. The zero-order valence-electron chi connectivity index (χ0n) is 14.6. The third-order valence-corrected chi connectivity index (χ3v) is 6.37. The van der Waals surface area contributed by atoms with Crippen molar-refractivity contribution in [1.29, 1.82) is 0 Å². The van der Waals surface area contributed by atoms with Crippen LogP contribution in [0, 0.1) is 0 Å². The van der Waals surface area contributed by atoms with Crippen molar-refractivity contribution in [2.45, 2.75) is 12.5 Å². The van der Waals surface area contributed by atoms with E-state index in [1.807, 2.05) is 23.5 Å². The number of fused-ring (bicyclic) bond motifs is 2. The minimum absolute atomic E-state index is 0.299. The Balaban J connectivity index is 1.65. The van der Waals surface area contributed by atoms with E-state index in [9.17, 15) is 0 Å². The van der Waals surface area contributed by atoms with Crippen LogP contribution >= 0.6 is 11.3 Å². The Morgan fingerprint density at radius 3 is 2.81 bits per heavy atom. The summed E-state index contributed by atoms with van der Waals surface area (Å²) < 4.78 is 1.35. The molecule has 0 spiro atoms. The molecule has 128 valence electrons. The smallest absolute Gasteiger partial charge is 0.0929 e. The molecule has 1 aliphatic heterocycles. The standard InChI is InChI=1S/C22H19N3S/c1-25-12-10-15-8-9-16(19-6-4-11-23-24-19)13-18(15)22(25)21-14-17-5-2-3-7-20(17)26-21/h2-9,11,13-14,22H,10,12H2,1H3. The zero-order valence-corrected chi connectivity index (χ0v) is 15.4. The van der Waals surface area contributed by atoms with Gasteiger partial charge in [-0.3, -0.25) is 4.90 Å². The fourth-order valence-electron chi connectivity index (χ4n) is 3.86. The molecule has 0 bridgehead atoms. The Kier molecular flexibility index (Phi) is 3.80. The van der Waals surface area contributed by atoms with Crippen molar-refractivity contribution in [2.75, 3.05) is 13.6 Å². The fourth-order valence-corrected chi connectivity index (χ4v) is 5.11. The highest BCUT2D eigenvalue weighted by atomic mass is 32.1. The van der Waals surface area contributed by atoms with Gasteiger partial charge >= 0.3 is 0 Å². The van der Waals surface area contributed by atoms with Crippen LogP contribution in [0.2, 0.25) is 0 Å². The lowest BCUT2D eigenvalue weighted by molar-refractivity contribution is 0.268. The number of hydrogen-bond acceptors (Lipinski definition) is 4. The third-order valence-electron chi connectivity index (χ3n) is 5.20. The fraction of sp³-hybridized carbons (Fsp3) is 0.182. The van der Waals surface area contributed by atoms with Gasteiger partial charge in [0.2, 0.25) is 0 Å². The van der Waals surface area contributed by atoms with Crippen molar-refractivity contribution in [3.05, 3.63) is 82.9 Å². The lowest BCUT2D eigenvalue weighted by atomic mass is 9.89. The van der Waals surface area contributed by atoms with E-state index in [4.69, 9.17) is 0 Å². The Bertz CT molecular complexity index is 1040. The number of benzene rings is 2. The summed E-state index contributed by atoms with van der Waals surface area (Å²) >= 11 is 1.90. The van der Waals surface area contributed by atoms with E-state index in [1.54, 1.807) is 6.20 Å². The molecule has 4 heteroatoms. The van der Waals surface area contributed by atoms with E-state index in [0.717, 1.165) is 24.2 Å². The van der Waals surface area contributed by atoms with Crippen LogP contribution in [0.25, 0.3) is 21.3 Å². The summed E-state index contributed by atoms with van der Waals surface area (Å²) in [5.74, 6) is 0.